The van der Waals surface area contributed by atoms with Crippen molar-refractivity contribution in [2.45, 2.75) is 62.8 Å². The Morgan fingerprint density at radius 1 is 1.17 bits per heavy atom. The van der Waals surface area contributed by atoms with E-state index >= 15 is 4.39 Å². The van der Waals surface area contributed by atoms with Crippen LogP contribution in [0.3, 0.4) is 0 Å². The summed E-state index contributed by atoms with van der Waals surface area (Å²) in [5.41, 5.74) is 5.24. The number of nitrogens with one attached hydrogen (secondary N) is 3. The summed E-state index contributed by atoms with van der Waals surface area (Å²) >= 11 is 0.985. The molecule has 294 valence electrons. The SMILES string of the molecule is COC(=O)C(CCC(N)=O)NC(=O)c1ccc(NCC#Cc2sc3c(NC4CCN(CC(O)CO)CC4F)cccc3c2CC(F)(F)F)c(OC(F)F)c1. The minimum atomic E-state index is -4.59. The van der Waals surface area contributed by atoms with E-state index in [0.717, 1.165) is 24.5 Å². The Morgan fingerprint density at radius 2 is 1.93 bits per heavy atom. The topological polar surface area (TPSA) is 175 Å². The van der Waals surface area contributed by atoms with Crippen LogP contribution in [0.5, 0.6) is 5.75 Å². The van der Waals surface area contributed by atoms with E-state index in [0.29, 0.717) is 23.4 Å². The molecule has 2 aromatic carbocycles. The fourth-order valence-corrected chi connectivity index (χ4v) is 6.97. The third kappa shape index (κ3) is 11.9. The molecule has 1 aliphatic rings. The second-order valence-corrected chi connectivity index (χ2v) is 13.4. The van der Waals surface area contributed by atoms with E-state index in [4.69, 9.17) is 10.8 Å². The van der Waals surface area contributed by atoms with Gasteiger partial charge in [0.2, 0.25) is 5.91 Å². The number of aliphatic hydroxyl groups excluding tert-OH is 2. The molecule has 0 radical (unpaired) electrons. The maximum atomic E-state index is 15.2. The Kier molecular flexibility index (Phi) is 14.8. The maximum absolute atomic E-state index is 15.2. The number of amides is 2. The molecule has 12 nitrogen and oxygen atoms in total. The number of rotatable bonds is 16. The predicted octanol–water partition coefficient (Wildman–Crippen LogP) is 3.79. The van der Waals surface area contributed by atoms with Crippen molar-refractivity contribution >= 4 is 50.6 Å². The number of methoxy groups -OCH3 is 1. The number of ether oxygens (including phenoxy) is 2. The molecule has 4 unspecified atom stereocenters. The Bertz CT molecular complexity index is 1850. The van der Waals surface area contributed by atoms with E-state index in [1.165, 1.54) is 18.2 Å². The van der Waals surface area contributed by atoms with Crippen molar-refractivity contribution < 1.29 is 60.4 Å². The number of nitrogens with zero attached hydrogens (tertiary/aromatic N) is 1. The van der Waals surface area contributed by atoms with Crippen molar-refractivity contribution in [1.29, 1.82) is 0 Å². The van der Waals surface area contributed by atoms with Crippen molar-refractivity contribution in [2.75, 3.05) is 50.5 Å². The summed E-state index contributed by atoms with van der Waals surface area (Å²) in [5, 5.41) is 27.3. The number of carbonyl (C=O) groups is 3. The monoisotopic (exact) mass is 787 g/mol. The first-order valence-corrected chi connectivity index (χ1v) is 17.4. The third-order valence-electron chi connectivity index (χ3n) is 8.34. The molecule has 4 rings (SSSR count). The normalized spacial score (nSPS) is 17.3. The zero-order valence-corrected chi connectivity index (χ0v) is 29.7. The van der Waals surface area contributed by atoms with Crippen molar-refractivity contribution in [3.05, 3.63) is 52.4 Å². The van der Waals surface area contributed by atoms with Crippen molar-refractivity contribution in [3.63, 3.8) is 0 Å². The van der Waals surface area contributed by atoms with Crippen molar-refractivity contribution in [1.82, 2.24) is 10.2 Å². The number of hydrogen-bond acceptors (Lipinski definition) is 11. The van der Waals surface area contributed by atoms with Crippen molar-refractivity contribution in [2.24, 2.45) is 5.73 Å². The number of likely N-dealkylation sites (tertiary alicyclic amines) is 1. The molecule has 7 N–H and O–H groups in total. The van der Waals surface area contributed by atoms with Gasteiger partial charge in [-0.05, 0) is 48.1 Å². The molecule has 54 heavy (non-hydrogen) atoms. The molecule has 2 amide bonds. The fraction of sp³-hybridized carbons (Fsp3) is 0.457. The highest BCUT2D eigenvalue weighted by molar-refractivity contribution is 7.20. The number of esters is 1. The number of nitrogens with two attached hydrogens (primary N) is 1. The highest BCUT2D eigenvalue weighted by Gasteiger charge is 2.33. The standard InChI is InChI=1S/C35H39F6N5O7S/c1-52-33(51)27(9-10-30(42)49)45-32(50)19-7-8-25(28(14-19)53-34(37)38)43-12-3-6-29-22(15-35(39,40)41)21-4-2-5-26(31(21)54-29)44-24-11-13-46(17-23(24)36)16-20(48)18-47/h2,4-5,7-8,14,20,23-24,27,34,43-44,47-48H,9-13,15-18H2,1H3,(H2,42,49)(H,45,50). The van der Waals surface area contributed by atoms with Crippen LogP contribution in [0.2, 0.25) is 0 Å². The zero-order valence-electron chi connectivity index (χ0n) is 28.9. The molecular formula is C35H39F6N5O7S. The molecule has 19 heteroatoms. The first-order valence-electron chi connectivity index (χ1n) is 16.6. The third-order valence-corrected chi connectivity index (χ3v) is 9.54. The summed E-state index contributed by atoms with van der Waals surface area (Å²) in [5.74, 6) is 2.50. The van der Waals surface area contributed by atoms with E-state index < -0.39 is 73.7 Å². The summed E-state index contributed by atoms with van der Waals surface area (Å²) in [4.78, 5) is 37.9. The molecule has 1 saturated heterocycles. The van der Waals surface area contributed by atoms with Gasteiger partial charge in [-0.2, -0.15) is 22.0 Å². The largest absolute Gasteiger partial charge is 0.467 e. The summed E-state index contributed by atoms with van der Waals surface area (Å²) in [6, 6.07) is 6.23. The maximum Gasteiger partial charge on any atom is 0.393 e. The first-order chi connectivity index (χ1) is 25.6. The van der Waals surface area contributed by atoms with Crippen molar-refractivity contribution in [3.8, 4) is 17.6 Å². The Labute approximate surface area is 310 Å². The predicted molar refractivity (Wildman–Crippen MR) is 188 cm³/mol. The van der Waals surface area contributed by atoms with E-state index in [2.05, 4.69) is 37.3 Å². The highest BCUT2D eigenvalue weighted by atomic mass is 32.1. The number of benzene rings is 2. The van der Waals surface area contributed by atoms with Gasteiger partial charge in [-0.25, -0.2) is 9.18 Å². The van der Waals surface area contributed by atoms with Crippen LogP contribution in [0.15, 0.2) is 36.4 Å². The van der Waals surface area contributed by atoms with E-state index in [1.807, 2.05) is 0 Å². The Balaban J connectivity index is 1.53. The average Bonchev–Trinajstić information content (AvgIpc) is 3.45. The number of alkyl halides is 6. The molecule has 0 saturated carbocycles. The van der Waals surface area contributed by atoms with Gasteiger partial charge in [0.25, 0.3) is 5.91 Å². The van der Waals surface area contributed by atoms with E-state index in [-0.39, 0.29) is 59.6 Å². The fourth-order valence-electron chi connectivity index (χ4n) is 5.80. The number of β-amino-alcohol motifs (C(OH)–C–C–N with tert-alkyl or cyclic N) is 1. The molecule has 2 heterocycles. The second-order valence-electron chi connectivity index (χ2n) is 12.3. The van der Waals surface area contributed by atoms with Gasteiger partial charge in [-0.1, -0.05) is 24.0 Å². The lowest BCUT2D eigenvalue weighted by Gasteiger charge is -2.36. The zero-order chi connectivity index (χ0) is 39.6. The summed E-state index contributed by atoms with van der Waals surface area (Å²) in [6.07, 6.45) is -8.34. The molecule has 0 spiro atoms. The number of aliphatic hydroxyl groups is 2. The van der Waals surface area contributed by atoms with Gasteiger partial charge in [0.15, 0.2) is 0 Å². The van der Waals surface area contributed by atoms with Crippen LogP contribution in [-0.4, -0.2) is 110 Å². The minimum absolute atomic E-state index is 0.00749. The van der Waals surface area contributed by atoms with Gasteiger partial charge in [0.05, 0.1) is 59.8 Å². The number of fused-ring (bicyclic) bond motifs is 1. The molecule has 1 fully saturated rings. The summed E-state index contributed by atoms with van der Waals surface area (Å²) < 4.78 is 92.7. The lowest BCUT2D eigenvalue weighted by Crippen LogP contribution is -2.50. The lowest BCUT2D eigenvalue weighted by molar-refractivity contribution is -0.143. The van der Waals surface area contributed by atoms with Crippen LogP contribution in [0, 0.1) is 11.8 Å². The molecule has 1 aliphatic heterocycles. The summed E-state index contributed by atoms with van der Waals surface area (Å²) in [6.45, 7) is -3.49. The number of thiophene rings is 1. The molecule has 0 bridgehead atoms. The van der Waals surface area contributed by atoms with E-state index in [9.17, 15) is 41.4 Å². The lowest BCUT2D eigenvalue weighted by atomic mass is 10.0. The molecule has 0 aliphatic carbocycles. The minimum Gasteiger partial charge on any atom is -0.467 e. The molecule has 1 aromatic heterocycles. The van der Waals surface area contributed by atoms with Crippen LogP contribution in [0.25, 0.3) is 10.1 Å². The number of carbonyl (C=O) groups excluding carboxylic acids is 3. The van der Waals surface area contributed by atoms with Crippen LogP contribution < -0.4 is 26.4 Å². The Hall–Kier alpha value is -4.77. The number of halogens is 6. The second kappa shape index (κ2) is 19.0. The molecule has 4 atom stereocenters. The van der Waals surface area contributed by atoms with Crippen LogP contribution in [0.4, 0.5) is 37.7 Å². The Morgan fingerprint density at radius 3 is 2.57 bits per heavy atom. The molecule has 3 aromatic rings. The number of hydrogen-bond donors (Lipinski definition) is 6. The van der Waals surface area contributed by atoms with Crippen LogP contribution >= 0.6 is 11.3 Å². The smallest absolute Gasteiger partial charge is 0.393 e. The molecular weight excluding hydrogens is 748 g/mol. The number of primary amides is 1. The van der Waals surface area contributed by atoms with Crippen LogP contribution in [0.1, 0.15) is 40.1 Å². The van der Waals surface area contributed by atoms with E-state index in [1.54, 1.807) is 17.0 Å². The summed E-state index contributed by atoms with van der Waals surface area (Å²) in [7, 11) is 1.07. The van der Waals surface area contributed by atoms with Gasteiger partial charge in [0.1, 0.15) is 18.0 Å². The van der Waals surface area contributed by atoms with Gasteiger partial charge >= 0.3 is 18.8 Å². The van der Waals surface area contributed by atoms with Gasteiger partial charge in [0, 0.05) is 31.6 Å². The quantitative estimate of drug-likeness (QED) is 0.0713. The number of piperidine rings is 1. The van der Waals surface area contributed by atoms with Crippen LogP contribution in [-0.2, 0) is 20.7 Å². The van der Waals surface area contributed by atoms with Gasteiger partial charge in [-0.3, -0.25) is 14.5 Å². The average molecular weight is 788 g/mol. The number of anilines is 2. The van der Waals surface area contributed by atoms with Gasteiger partial charge < -0.3 is 41.4 Å². The van der Waals surface area contributed by atoms with Gasteiger partial charge in [-0.15, -0.1) is 11.3 Å². The highest BCUT2D eigenvalue weighted by Crippen LogP contribution is 2.39. The first kappa shape index (κ1) is 42.0.